The smallest absolute Gasteiger partial charge is 0.326 e. The van der Waals surface area contributed by atoms with Crippen LogP contribution in [0.1, 0.15) is 16.8 Å². The van der Waals surface area contributed by atoms with Crippen LogP contribution in [0.15, 0.2) is 24.5 Å². The SMILES string of the molecule is COCCC(NC(=O)c1ccc(OC)c(-n2cnnn2)c1)C(=O)O. The molecule has 24 heavy (non-hydrogen) atoms. The van der Waals surface area contributed by atoms with Gasteiger partial charge in [-0.25, -0.2) is 4.79 Å². The predicted molar refractivity (Wildman–Crippen MR) is 81.1 cm³/mol. The van der Waals surface area contributed by atoms with E-state index in [-0.39, 0.29) is 18.6 Å². The maximum atomic E-state index is 12.3. The molecule has 10 nitrogen and oxygen atoms in total. The monoisotopic (exact) mass is 335 g/mol. The van der Waals surface area contributed by atoms with E-state index >= 15 is 0 Å². The van der Waals surface area contributed by atoms with Gasteiger partial charge in [0.1, 0.15) is 23.8 Å². The summed E-state index contributed by atoms with van der Waals surface area (Å²) < 4.78 is 11.4. The number of nitrogens with zero attached hydrogens (tertiary/aromatic N) is 4. The Labute approximate surface area is 137 Å². The minimum atomic E-state index is -1.13. The Morgan fingerprint density at radius 3 is 2.75 bits per heavy atom. The predicted octanol–water partition coefficient (Wildman–Crippen LogP) is -0.110. The Kier molecular flexibility index (Phi) is 5.79. The zero-order chi connectivity index (χ0) is 17.5. The van der Waals surface area contributed by atoms with Crippen LogP contribution in [0.3, 0.4) is 0 Å². The number of aliphatic carboxylic acids is 1. The number of benzene rings is 1. The topological polar surface area (TPSA) is 128 Å². The van der Waals surface area contributed by atoms with Gasteiger partial charge >= 0.3 is 5.97 Å². The molecule has 1 unspecified atom stereocenters. The zero-order valence-corrected chi connectivity index (χ0v) is 13.2. The Balaban J connectivity index is 2.23. The largest absolute Gasteiger partial charge is 0.494 e. The van der Waals surface area contributed by atoms with E-state index < -0.39 is 17.9 Å². The van der Waals surface area contributed by atoms with Crippen LogP contribution in [-0.4, -0.2) is 64.1 Å². The molecule has 1 aromatic heterocycles. The van der Waals surface area contributed by atoms with E-state index in [2.05, 4.69) is 20.8 Å². The molecule has 128 valence electrons. The van der Waals surface area contributed by atoms with Crippen molar-refractivity contribution in [2.24, 2.45) is 0 Å². The summed E-state index contributed by atoms with van der Waals surface area (Å²) in [5.74, 6) is -1.20. The normalized spacial score (nSPS) is 11.8. The Hall–Kier alpha value is -3.01. The summed E-state index contributed by atoms with van der Waals surface area (Å²) in [5, 5.41) is 22.5. The van der Waals surface area contributed by atoms with Gasteiger partial charge in [-0.2, -0.15) is 4.68 Å². The highest BCUT2D eigenvalue weighted by Gasteiger charge is 2.21. The summed E-state index contributed by atoms with van der Waals surface area (Å²) in [7, 11) is 2.94. The Bertz CT molecular complexity index is 704. The molecule has 0 aliphatic rings. The van der Waals surface area contributed by atoms with Gasteiger partial charge < -0.3 is 19.9 Å². The number of tetrazole rings is 1. The molecule has 0 saturated carbocycles. The molecule has 0 spiro atoms. The quantitative estimate of drug-likeness (QED) is 0.684. The first kappa shape index (κ1) is 17.3. The third-order valence-corrected chi connectivity index (χ3v) is 3.25. The molecule has 1 atom stereocenters. The summed E-state index contributed by atoms with van der Waals surface area (Å²) in [6.07, 6.45) is 1.52. The van der Waals surface area contributed by atoms with Gasteiger partial charge in [-0.1, -0.05) is 0 Å². The third kappa shape index (κ3) is 4.04. The summed E-state index contributed by atoms with van der Waals surface area (Å²) in [6.45, 7) is 0.218. The molecule has 2 aromatic rings. The van der Waals surface area contributed by atoms with Crippen LogP contribution in [0.5, 0.6) is 5.75 Å². The number of rotatable bonds is 8. The maximum Gasteiger partial charge on any atom is 0.326 e. The van der Waals surface area contributed by atoms with E-state index in [4.69, 9.17) is 14.6 Å². The van der Waals surface area contributed by atoms with E-state index in [1.54, 1.807) is 6.07 Å². The number of hydrogen-bond acceptors (Lipinski definition) is 7. The fourth-order valence-corrected chi connectivity index (χ4v) is 2.02. The van der Waals surface area contributed by atoms with E-state index in [0.717, 1.165) is 0 Å². The van der Waals surface area contributed by atoms with Gasteiger partial charge in [0.15, 0.2) is 0 Å². The van der Waals surface area contributed by atoms with Crippen LogP contribution in [-0.2, 0) is 9.53 Å². The molecule has 1 amide bonds. The second kappa shape index (κ2) is 8.02. The molecular formula is C14H17N5O5. The Morgan fingerprint density at radius 1 is 1.38 bits per heavy atom. The molecule has 2 N–H and O–H groups in total. The van der Waals surface area contributed by atoms with Crippen molar-refractivity contribution in [1.82, 2.24) is 25.5 Å². The van der Waals surface area contributed by atoms with Crippen molar-refractivity contribution in [3.8, 4) is 11.4 Å². The van der Waals surface area contributed by atoms with Gasteiger partial charge in [0, 0.05) is 25.7 Å². The number of carbonyl (C=O) groups excluding carboxylic acids is 1. The number of nitrogens with one attached hydrogen (secondary N) is 1. The fraction of sp³-hybridized carbons (Fsp3) is 0.357. The van der Waals surface area contributed by atoms with Crippen molar-refractivity contribution < 1.29 is 24.2 Å². The molecule has 0 radical (unpaired) electrons. The van der Waals surface area contributed by atoms with Crippen molar-refractivity contribution in [2.75, 3.05) is 20.8 Å². The highest BCUT2D eigenvalue weighted by Crippen LogP contribution is 2.23. The van der Waals surface area contributed by atoms with E-state index in [0.29, 0.717) is 11.4 Å². The lowest BCUT2D eigenvalue weighted by molar-refractivity contribution is -0.139. The number of aromatic nitrogens is 4. The van der Waals surface area contributed by atoms with Crippen molar-refractivity contribution in [1.29, 1.82) is 0 Å². The van der Waals surface area contributed by atoms with Crippen LogP contribution < -0.4 is 10.1 Å². The third-order valence-electron chi connectivity index (χ3n) is 3.25. The number of carbonyl (C=O) groups is 2. The average Bonchev–Trinajstić information content (AvgIpc) is 3.11. The lowest BCUT2D eigenvalue weighted by Crippen LogP contribution is -2.41. The number of hydrogen-bond donors (Lipinski definition) is 2. The number of methoxy groups -OCH3 is 2. The molecule has 10 heteroatoms. The number of amides is 1. The summed E-state index contributed by atoms with van der Waals surface area (Å²) in [6, 6.07) is 3.57. The summed E-state index contributed by atoms with van der Waals surface area (Å²) in [5.41, 5.74) is 0.712. The van der Waals surface area contributed by atoms with Crippen LogP contribution in [0.2, 0.25) is 0 Å². The summed E-state index contributed by atoms with van der Waals surface area (Å²) >= 11 is 0. The van der Waals surface area contributed by atoms with Gasteiger partial charge in [0.2, 0.25) is 0 Å². The standard InChI is InChI=1S/C14H17N5O5/c1-23-6-5-10(14(21)22)16-13(20)9-3-4-12(24-2)11(7-9)19-8-15-17-18-19/h3-4,7-8,10H,5-6H2,1-2H3,(H,16,20)(H,21,22). The highest BCUT2D eigenvalue weighted by molar-refractivity contribution is 5.97. The van der Waals surface area contributed by atoms with E-state index in [1.807, 2.05) is 0 Å². The number of carboxylic acids is 1. The fourth-order valence-electron chi connectivity index (χ4n) is 2.02. The molecular weight excluding hydrogens is 318 g/mol. The lowest BCUT2D eigenvalue weighted by atomic mass is 10.1. The highest BCUT2D eigenvalue weighted by atomic mass is 16.5. The molecule has 0 bridgehead atoms. The van der Waals surface area contributed by atoms with E-state index in [9.17, 15) is 9.59 Å². The average molecular weight is 335 g/mol. The molecule has 0 fully saturated rings. The summed E-state index contributed by atoms with van der Waals surface area (Å²) in [4.78, 5) is 23.5. The second-order valence-electron chi connectivity index (χ2n) is 4.79. The van der Waals surface area contributed by atoms with Gasteiger partial charge in [0.05, 0.1) is 7.11 Å². The molecule has 0 saturated heterocycles. The van der Waals surface area contributed by atoms with Crippen molar-refractivity contribution >= 4 is 11.9 Å². The van der Waals surface area contributed by atoms with Crippen LogP contribution in [0.25, 0.3) is 5.69 Å². The van der Waals surface area contributed by atoms with Crippen LogP contribution in [0, 0.1) is 0 Å². The minimum absolute atomic E-state index is 0.160. The van der Waals surface area contributed by atoms with Gasteiger partial charge in [-0.3, -0.25) is 4.79 Å². The zero-order valence-electron chi connectivity index (χ0n) is 13.2. The first-order chi connectivity index (χ1) is 11.6. The molecule has 0 aliphatic carbocycles. The molecule has 1 heterocycles. The first-order valence-corrected chi connectivity index (χ1v) is 7.00. The van der Waals surface area contributed by atoms with Crippen molar-refractivity contribution in [3.63, 3.8) is 0 Å². The number of carboxylic acid groups (broad SMARTS) is 1. The van der Waals surface area contributed by atoms with Gasteiger partial charge in [-0.15, -0.1) is 5.10 Å². The maximum absolute atomic E-state index is 12.3. The number of ether oxygens (including phenoxy) is 2. The second-order valence-corrected chi connectivity index (χ2v) is 4.79. The van der Waals surface area contributed by atoms with Crippen LogP contribution >= 0.6 is 0 Å². The van der Waals surface area contributed by atoms with Gasteiger partial charge in [-0.05, 0) is 28.6 Å². The molecule has 1 aromatic carbocycles. The molecule has 0 aliphatic heterocycles. The molecule has 2 rings (SSSR count). The first-order valence-electron chi connectivity index (χ1n) is 7.00. The van der Waals surface area contributed by atoms with Crippen LogP contribution in [0.4, 0.5) is 0 Å². The van der Waals surface area contributed by atoms with Crippen molar-refractivity contribution in [2.45, 2.75) is 12.5 Å². The van der Waals surface area contributed by atoms with Gasteiger partial charge in [0.25, 0.3) is 5.91 Å². The minimum Gasteiger partial charge on any atom is -0.494 e. The van der Waals surface area contributed by atoms with Crippen molar-refractivity contribution in [3.05, 3.63) is 30.1 Å². The lowest BCUT2D eigenvalue weighted by Gasteiger charge is -2.15. The Morgan fingerprint density at radius 2 is 2.17 bits per heavy atom. The van der Waals surface area contributed by atoms with E-state index in [1.165, 1.54) is 37.4 Å².